The summed E-state index contributed by atoms with van der Waals surface area (Å²) in [4.78, 5) is 11.7. The number of benzene rings is 3. The summed E-state index contributed by atoms with van der Waals surface area (Å²) < 4.78 is 37.9. The second-order valence-corrected chi connectivity index (χ2v) is 9.22. The molecule has 6 nitrogen and oxygen atoms in total. The highest BCUT2D eigenvalue weighted by Gasteiger charge is 2.32. The molecule has 0 radical (unpaired) electrons. The molecule has 3 aromatic carbocycles. The SMILES string of the molecule is COC(=O)CC1COc2cc(OC3CCc4c(Oc5cc(C)c(C#N)c(C)c5)ccc(F)c43)ccc21. The molecule has 0 fully saturated rings. The third-order valence-corrected chi connectivity index (χ3v) is 6.87. The number of halogens is 1. The monoisotopic (exact) mass is 487 g/mol. The van der Waals surface area contributed by atoms with Crippen LogP contribution in [0.3, 0.4) is 0 Å². The number of carbonyl (C=O) groups excluding carboxylic acids is 1. The van der Waals surface area contributed by atoms with Crippen LogP contribution in [0.5, 0.6) is 23.0 Å². The van der Waals surface area contributed by atoms with Crippen LogP contribution < -0.4 is 14.2 Å². The van der Waals surface area contributed by atoms with E-state index in [-0.39, 0.29) is 24.1 Å². The Labute approximate surface area is 209 Å². The quantitative estimate of drug-likeness (QED) is 0.385. The van der Waals surface area contributed by atoms with Crippen molar-refractivity contribution in [1.82, 2.24) is 0 Å². The standard InChI is InChI=1S/C29H26FNO5/c1-16-10-20(11-17(2)23(16)14-31)36-25-9-7-24(30)29-22(25)6-8-26(29)35-19-4-5-21-18(12-28(32)33-3)15-34-27(21)13-19/h4-5,7,9-11,13,18,26H,6,8,12,15H2,1-3H3. The second kappa shape index (κ2) is 9.54. The van der Waals surface area contributed by atoms with Crippen LogP contribution in [0.4, 0.5) is 4.39 Å². The van der Waals surface area contributed by atoms with Gasteiger partial charge in [-0.05, 0) is 68.1 Å². The van der Waals surface area contributed by atoms with Gasteiger partial charge in [0.2, 0.25) is 0 Å². The minimum Gasteiger partial charge on any atom is -0.492 e. The van der Waals surface area contributed by atoms with Crippen LogP contribution in [0.1, 0.15) is 58.2 Å². The van der Waals surface area contributed by atoms with Gasteiger partial charge in [0.1, 0.15) is 34.9 Å². The highest BCUT2D eigenvalue weighted by atomic mass is 19.1. The van der Waals surface area contributed by atoms with Crippen LogP contribution in [0, 0.1) is 31.0 Å². The van der Waals surface area contributed by atoms with E-state index in [0.717, 1.165) is 22.3 Å². The molecule has 0 aromatic heterocycles. The Morgan fingerprint density at radius 1 is 1.14 bits per heavy atom. The summed E-state index contributed by atoms with van der Waals surface area (Å²) in [7, 11) is 1.37. The Hall–Kier alpha value is -4.05. The van der Waals surface area contributed by atoms with Crippen LogP contribution in [0.15, 0.2) is 42.5 Å². The summed E-state index contributed by atoms with van der Waals surface area (Å²) in [5.74, 6) is 1.78. The number of hydrogen-bond acceptors (Lipinski definition) is 6. The molecule has 2 unspecified atom stereocenters. The average molecular weight is 488 g/mol. The fraction of sp³-hybridized carbons (Fsp3) is 0.310. The zero-order valence-electron chi connectivity index (χ0n) is 20.4. The molecule has 2 atom stereocenters. The van der Waals surface area contributed by atoms with Crippen LogP contribution in [0.25, 0.3) is 0 Å². The van der Waals surface area contributed by atoms with E-state index in [4.69, 9.17) is 18.9 Å². The van der Waals surface area contributed by atoms with Crippen molar-refractivity contribution in [2.24, 2.45) is 0 Å². The lowest BCUT2D eigenvalue weighted by Gasteiger charge is -2.17. The Kier molecular flexibility index (Phi) is 6.27. The number of nitriles is 1. The van der Waals surface area contributed by atoms with E-state index in [1.165, 1.54) is 13.2 Å². The molecule has 0 N–H and O–H groups in total. The summed E-state index contributed by atoms with van der Waals surface area (Å²) in [5.41, 5.74) is 4.53. The highest BCUT2D eigenvalue weighted by molar-refractivity contribution is 5.71. The number of aryl methyl sites for hydroxylation is 2. The Bertz CT molecular complexity index is 1370. The molecule has 36 heavy (non-hydrogen) atoms. The van der Waals surface area contributed by atoms with Gasteiger partial charge in [0.15, 0.2) is 0 Å². The molecule has 1 heterocycles. The maximum absolute atomic E-state index is 15.0. The van der Waals surface area contributed by atoms with Gasteiger partial charge in [-0.3, -0.25) is 4.79 Å². The van der Waals surface area contributed by atoms with E-state index in [2.05, 4.69) is 6.07 Å². The molecule has 0 saturated heterocycles. The molecule has 0 amide bonds. The molecule has 1 aliphatic carbocycles. The number of hydrogen-bond donors (Lipinski definition) is 0. The van der Waals surface area contributed by atoms with Crippen molar-refractivity contribution in [3.63, 3.8) is 0 Å². The summed E-state index contributed by atoms with van der Waals surface area (Å²) in [6.07, 6.45) is 1.02. The van der Waals surface area contributed by atoms with E-state index >= 15 is 0 Å². The average Bonchev–Trinajstić information content (AvgIpc) is 3.45. The molecular formula is C29H26FNO5. The molecule has 7 heteroatoms. The van der Waals surface area contributed by atoms with Crippen molar-refractivity contribution in [1.29, 1.82) is 5.26 Å². The maximum Gasteiger partial charge on any atom is 0.306 e. The van der Waals surface area contributed by atoms with Gasteiger partial charge in [0.25, 0.3) is 0 Å². The molecule has 2 aliphatic rings. The van der Waals surface area contributed by atoms with Gasteiger partial charge in [0.05, 0.1) is 31.8 Å². The maximum atomic E-state index is 15.0. The third kappa shape index (κ3) is 4.35. The van der Waals surface area contributed by atoms with Gasteiger partial charge in [-0.2, -0.15) is 5.26 Å². The lowest BCUT2D eigenvalue weighted by atomic mass is 9.98. The highest BCUT2D eigenvalue weighted by Crippen LogP contribution is 2.44. The first kappa shape index (κ1) is 23.7. The molecule has 184 valence electrons. The van der Waals surface area contributed by atoms with Gasteiger partial charge in [-0.15, -0.1) is 0 Å². The van der Waals surface area contributed by atoms with E-state index < -0.39 is 6.10 Å². The van der Waals surface area contributed by atoms with E-state index in [1.807, 2.05) is 38.1 Å². The number of carbonyl (C=O) groups is 1. The number of ether oxygens (including phenoxy) is 4. The first-order chi connectivity index (χ1) is 17.4. The fourth-order valence-corrected chi connectivity index (χ4v) is 5.09. The van der Waals surface area contributed by atoms with Crippen molar-refractivity contribution in [2.45, 2.75) is 45.1 Å². The van der Waals surface area contributed by atoms with Gasteiger partial charge in [-0.1, -0.05) is 6.07 Å². The molecule has 5 rings (SSSR count). The van der Waals surface area contributed by atoms with Crippen LogP contribution in [0.2, 0.25) is 0 Å². The van der Waals surface area contributed by atoms with Gasteiger partial charge >= 0.3 is 5.97 Å². The predicted molar refractivity (Wildman–Crippen MR) is 130 cm³/mol. The topological polar surface area (TPSA) is 77.8 Å². The minimum atomic E-state index is -0.460. The molecule has 1 aliphatic heterocycles. The van der Waals surface area contributed by atoms with Crippen LogP contribution >= 0.6 is 0 Å². The summed E-state index contributed by atoms with van der Waals surface area (Å²) in [6.45, 7) is 4.15. The van der Waals surface area contributed by atoms with Crippen LogP contribution in [-0.4, -0.2) is 19.7 Å². The van der Waals surface area contributed by atoms with Crippen molar-refractivity contribution in [3.05, 3.63) is 81.7 Å². The molecule has 3 aromatic rings. The molecule has 0 saturated carbocycles. The number of rotatable bonds is 6. The van der Waals surface area contributed by atoms with Gasteiger partial charge < -0.3 is 18.9 Å². The van der Waals surface area contributed by atoms with Crippen molar-refractivity contribution >= 4 is 5.97 Å². The summed E-state index contributed by atoms with van der Waals surface area (Å²) in [5, 5.41) is 9.32. The summed E-state index contributed by atoms with van der Waals surface area (Å²) >= 11 is 0. The van der Waals surface area contributed by atoms with Gasteiger partial charge in [-0.25, -0.2) is 4.39 Å². The van der Waals surface area contributed by atoms with Crippen molar-refractivity contribution in [2.75, 3.05) is 13.7 Å². The van der Waals surface area contributed by atoms with E-state index in [1.54, 1.807) is 12.1 Å². The Morgan fingerprint density at radius 2 is 1.92 bits per heavy atom. The smallest absolute Gasteiger partial charge is 0.306 e. The first-order valence-corrected chi connectivity index (χ1v) is 11.9. The minimum absolute atomic E-state index is 0.0552. The number of esters is 1. The molecular weight excluding hydrogens is 461 g/mol. The third-order valence-electron chi connectivity index (χ3n) is 6.87. The van der Waals surface area contributed by atoms with E-state index in [0.29, 0.717) is 53.6 Å². The number of methoxy groups -OCH3 is 1. The largest absolute Gasteiger partial charge is 0.492 e. The Balaban J connectivity index is 1.37. The fourth-order valence-electron chi connectivity index (χ4n) is 5.09. The summed E-state index contributed by atoms with van der Waals surface area (Å²) in [6, 6.07) is 14.4. The lowest BCUT2D eigenvalue weighted by Crippen LogP contribution is -2.09. The Morgan fingerprint density at radius 3 is 2.64 bits per heavy atom. The van der Waals surface area contributed by atoms with Crippen LogP contribution in [-0.2, 0) is 16.0 Å². The second-order valence-electron chi connectivity index (χ2n) is 9.22. The molecule has 0 spiro atoms. The van der Waals surface area contributed by atoms with Crippen molar-refractivity contribution in [3.8, 4) is 29.1 Å². The van der Waals surface area contributed by atoms with Crippen molar-refractivity contribution < 1.29 is 28.1 Å². The number of nitrogens with zero attached hydrogens (tertiary/aromatic N) is 1. The lowest BCUT2D eigenvalue weighted by molar-refractivity contribution is -0.141. The van der Waals surface area contributed by atoms with Gasteiger partial charge in [0, 0.05) is 28.7 Å². The predicted octanol–water partition coefficient (Wildman–Crippen LogP) is 6.21. The normalized spacial score (nSPS) is 17.5. The molecule has 0 bridgehead atoms. The van der Waals surface area contributed by atoms with E-state index in [9.17, 15) is 14.4 Å². The number of fused-ring (bicyclic) bond motifs is 2. The first-order valence-electron chi connectivity index (χ1n) is 11.9. The zero-order chi connectivity index (χ0) is 25.4. The zero-order valence-corrected chi connectivity index (χ0v) is 20.4.